The standard InChI is InChI=1S/C11H17NO2/c13-10-6-8-7-11(3-1-5-12-11)4-2-9(8)14-10/h8-9,12H,1-7H2/t8-,9-,11-/m0/s1. The summed E-state index contributed by atoms with van der Waals surface area (Å²) in [6.45, 7) is 1.16. The van der Waals surface area contributed by atoms with Crippen LogP contribution in [0.15, 0.2) is 0 Å². The van der Waals surface area contributed by atoms with E-state index in [9.17, 15) is 4.79 Å². The molecule has 2 aliphatic heterocycles. The van der Waals surface area contributed by atoms with Crippen LogP contribution in [0.25, 0.3) is 0 Å². The fourth-order valence-corrected chi connectivity index (χ4v) is 3.44. The normalized spacial score (nSPS) is 46.7. The molecule has 0 aromatic heterocycles. The molecule has 3 rings (SSSR count). The summed E-state index contributed by atoms with van der Waals surface area (Å²) in [5.41, 5.74) is 0.370. The molecular formula is C11H17NO2. The highest BCUT2D eigenvalue weighted by molar-refractivity contribution is 5.72. The Balaban J connectivity index is 1.74. The summed E-state index contributed by atoms with van der Waals surface area (Å²) >= 11 is 0. The molecule has 0 bridgehead atoms. The van der Waals surface area contributed by atoms with Gasteiger partial charge in [0.1, 0.15) is 6.10 Å². The zero-order chi connectivity index (χ0) is 9.60. The van der Waals surface area contributed by atoms with Crippen molar-refractivity contribution in [1.29, 1.82) is 0 Å². The highest BCUT2D eigenvalue weighted by Crippen LogP contribution is 2.43. The molecule has 3 heteroatoms. The third-order valence-electron chi connectivity index (χ3n) is 4.13. The van der Waals surface area contributed by atoms with Crippen LogP contribution in [0.5, 0.6) is 0 Å². The van der Waals surface area contributed by atoms with Crippen molar-refractivity contribution in [3.05, 3.63) is 0 Å². The molecule has 3 aliphatic rings. The summed E-state index contributed by atoms with van der Waals surface area (Å²) in [5.74, 6) is 0.525. The van der Waals surface area contributed by atoms with Crippen LogP contribution in [-0.4, -0.2) is 24.2 Å². The molecule has 1 spiro atoms. The van der Waals surface area contributed by atoms with E-state index in [0.717, 1.165) is 19.4 Å². The summed E-state index contributed by atoms with van der Waals surface area (Å²) in [4.78, 5) is 11.2. The van der Waals surface area contributed by atoms with Crippen LogP contribution in [0.4, 0.5) is 0 Å². The van der Waals surface area contributed by atoms with E-state index in [4.69, 9.17) is 4.74 Å². The number of esters is 1. The fourth-order valence-electron chi connectivity index (χ4n) is 3.44. The molecule has 0 radical (unpaired) electrons. The molecule has 78 valence electrons. The van der Waals surface area contributed by atoms with Crippen LogP contribution in [0.1, 0.15) is 38.5 Å². The smallest absolute Gasteiger partial charge is 0.306 e. The number of carbonyl (C=O) groups is 1. The number of ether oxygens (including phenoxy) is 1. The van der Waals surface area contributed by atoms with Crippen molar-refractivity contribution in [3.63, 3.8) is 0 Å². The molecule has 0 amide bonds. The molecule has 1 aliphatic carbocycles. The lowest BCUT2D eigenvalue weighted by Crippen LogP contribution is -2.46. The van der Waals surface area contributed by atoms with Gasteiger partial charge in [0.05, 0.1) is 6.42 Å². The van der Waals surface area contributed by atoms with Crippen LogP contribution in [0.3, 0.4) is 0 Å². The average Bonchev–Trinajstić information content (AvgIpc) is 2.72. The van der Waals surface area contributed by atoms with Gasteiger partial charge in [0, 0.05) is 11.5 Å². The molecule has 3 atom stereocenters. The predicted octanol–water partition coefficient (Wildman–Crippen LogP) is 1.22. The minimum atomic E-state index is 0.0232. The Morgan fingerprint density at radius 3 is 3.14 bits per heavy atom. The number of fused-ring (bicyclic) bond motifs is 1. The zero-order valence-electron chi connectivity index (χ0n) is 8.42. The van der Waals surface area contributed by atoms with Gasteiger partial charge < -0.3 is 10.1 Å². The van der Waals surface area contributed by atoms with Crippen molar-refractivity contribution < 1.29 is 9.53 Å². The molecule has 1 saturated carbocycles. The van der Waals surface area contributed by atoms with E-state index in [-0.39, 0.29) is 12.1 Å². The highest BCUT2D eigenvalue weighted by Gasteiger charge is 2.47. The minimum absolute atomic E-state index is 0.0232. The Hall–Kier alpha value is -0.570. The molecule has 0 aromatic carbocycles. The van der Waals surface area contributed by atoms with Crippen LogP contribution in [0.2, 0.25) is 0 Å². The third kappa shape index (κ3) is 1.26. The molecule has 1 N–H and O–H groups in total. The number of hydrogen-bond acceptors (Lipinski definition) is 3. The topological polar surface area (TPSA) is 38.3 Å². The van der Waals surface area contributed by atoms with Crippen molar-refractivity contribution in [1.82, 2.24) is 5.32 Å². The van der Waals surface area contributed by atoms with Crippen molar-refractivity contribution >= 4 is 5.97 Å². The Morgan fingerprint density at radius 1 is 1.43 bits per heavy atom. The van der Waals surface area contributed by atoms with E-state index < -0.39 is 0 Å². The second-order valence-corrected chi connectivity index (χ2v) is 5.05. The Labute approximate surface area is 84.2 Å². The molecular weight excluding hydrogens is 178 g/mol. The van der Waals surface area contributed by atoms with Gasteiger partial charge in [-0.25, -0.2) is 0 Å². The molecule has 2 heterocycles. The van der Waals surface area contributed by atoms with Crippen molar-refractivity contribution in [2.45, 2.75) is 50.2 Å². The Kier molecular flexibility index (Phi) is 1.84. The number of carbonyl (C=O) groups excluding carboxylic acids is 1. The molecule has 14 heavy (non-hydrogen) atoms. The van der Waals surface area contributed by atoms with E-state index in [1.54, 1.807) is 0 Å². The Bertz CT molecular complexity index is 258. The summed E-state index contributed by atoms with van der Waals surface area (Å²) in [6.07, 6.45) is 6.93. The molecule has 3 nitrogen and oxygen atoms in total. The van der Waals surface area contributed by atoms with Gasteiger partial charge in [-0.1, -0.05) is 0 Å². The predicted molar refractivity (Wildman–Crippen MR) is 51.8 cm³/mol. The largest absolute Gasteiger partial charge is 0.462 e. The number of rotatable bonds is 0. The van der Waals surface area contributed by atoms with Gasteiger partial charge in [-0.2, -0.15) is 0 Å². The van der Waals surface area contributed by atoms with Crippen LogP contribution in [0, 0.1) is 5.92 Å². The van der Waals surface area contributed by atoms with Gasteiger partial charge in [-0.3, -0.25) is 4.79 Å². The molecule has 3 fully saturated rings. The third-order valence-corrected chi connectivity index (χ3v) is 4.13. The summed E-state index contributed by atoms with van der Waals surface area (Å²) < 4.78 is 5.30. The summed E-state index contributed by atoms with van der Waals surface area (Å²) in [7, 11) is 0. The van der Waals surface area contributed by atoms with Gasteiger partial charge >= 0.3 is 5.97 Å². The van der Waals surface area contributed by atoms with Gasteiger partial charge in [0.15, 0.2) is 0 Å². The lowest BCUT2D eigenvalue weighted by Gasteiger charge is -2.38. The molecule has 2 saturated heterocycles. The van der Waals surface area contributed by atoms with Gasteiger partial charge in [0.2, 0.25) is 0 Å². The monoisotopic (exact) mass is 195 g/mol. The van der Waals surface area contributed by atoms with Crippen LogP contribution >= 0.6 is 0 Å². The summed E-state index contributed by atoms with van der Waals surface area (Å²) in [5, 5.41) is 3.63. The second kappa shape index (κ2) is 2.96. The first-order valence-corrected chi connectivity index (χ1v) is 5.72. The van der Waals surface area contributed by atoms with E-state index in [0.29, 0.717) is 17.9 Å². The van der Waals surface area contributed by atoms with Gasteiger partial charge in [-0.05, 0) is 38.6 Å². The first kappa shape index (κ1) is 8.72. The van der Waals surface area contributed by atoms with Crippen LogP contribution in [-0.2, 0) is 9.53 Å². The molecule has 0 aromatic rings. The first-order valence-electron chi connectivity index (χ1n) is 5.72. The van der Waals surface area contributed by atoms with E-state index >= 15 is 0 Å². The number of hydrogen-bond donors (Lipinski definition) is 1. The zero-order valence-corrected chi connectivity index (χ0v) is 8.42. The van der Waals surface area contributed by atoms with E-state index in [2.05, 4.69) is 5.32 Å². The van der Waals surface area contributed by atoms with Crippen LogP contribution < -0.4 is 5.32 Å². The Morgan fingerprint density at radius 2 is 2.36 bits per heavy atom. The summed E-state index contributed by atoms with van der Waals surface area (Å²) in [6, 6.07) is 0. The first-order chi connectivity index (χ1) is 6.77. The second-order valence-electron chi connectivity index (χ2n) is 5.05. The lowest BCUT2D eigenvalue weighted by atomic mass is 9.73. The average molecular weight is 195 g/mol. The maximum Gasteiger partial charge on any atom is 0.306 e. The van der Waals surface area contributed by atoms with Crippen molar-refractivity contribution in [3.8, 4) is 0 Å². The SMILES string of the molecule is O=C1C[C@H]2C[C@]3(CCCN3)CC[C@@H]2O1. The maximum atomic E-state index is 11.2. The van der Waals surface area contributed by atoms with Gasteiger partial charge in [0.25, 0.3) is 0 Å². The number of nitrogens with one attached hydrogen (secondary N) is 1. The van der Waals surface area contributed by atoms with Crippen molar-refractivity contribution in [2.24, 2.45) is 5.92 Å². The lowest BCUT2D eigenvalue weighted by molar-refractivity contribution is -0.142. The maximum absolute atomic E-state index is 11.2. The van der Waals surface area contributed by atoms with Crippen molar-refractivity contribution in [2.75, 3.05) is 6.54 Å². The van der Waals surface area contributed by atoms with Gasteiger partial charge in [-0.15, -0.1) is 0 Å². The molecule has 0 unspecified atom stereocenters. The highest BCUT2D eigenvalue weighted by atomic mass is 16.5. The van der Waals surface area contributed by atoms with E-state index in [1.165, 1.54) is 19.3 Å². The quantitative estimate of drug-likeness (QED) is 0.591. The minimum Gasteiger partial charge on any atom is -0.462 e. The van der Waals surface area contributed by atoms with E-state index in [1.807, 2.05) is 0 Å². The fraction of sp³-hybridized carbons (Fsp3) is 0.909.